The van der Waals surface area contributed by atoms with Crippen molar-refractivity contribution in [1.29, 1.82) is 5.26 Å². The molecule has 0 unspecified atom stereocenters. The number of ketones is 1. The number of phenolic OH excluding ortho intramolecular Hbond substituents is 1. The van der Waals surface area contributed by atoms with Crippen LogP contribution in [0.2, 0.25) is 5.02 Å². The van der Waals surface area contributed by atoms with Crippen LogP contribution in [0.1, 0.15) is 22.8 Å². The number of carbonyl (C=O) groups excluding carboxylic acids is 1. The molecule has 0 saturated heterocycles. The summed E-state index contributed by atoms with van der Waals surface area (Å²) in [6, 6.07) is 4.29. The van der Waals surface area contributed by atoms with Crippen molar-refractivity contribution in [1.82, 2.24) is 0 Å². The summed E-state index contributed by atoms with van der Waals surface area (Å²) in [4.78, 5) is 10.9. The summed E-state index contributed by atoms with van der Waals surface area (Å²) in [5.74, 6) is -0.498. The highest BCUT2D eigenvalue weighted by Gasteiger charge is 2.10. The fourth-order valence-electron chi connectivity index (χ4n) is 0.930. The van der Waals surface area contributed by atoms with Crippen LogP contribution in [0, 0.1) is 11.3 Å². The second kappa shape index (κ2) is 3.46. The largest absolute Gasteiger partial charge is 0.507 e. The normalized spacial score (nSPS) is 9.31. The Labute approximate surface area is 80.2 Å². The van der Waals surface area contributed by atoms with Crippen molar-refractivity contribution in [2.45, 2.75) is 6.92 Å². The van der Waals surface area contributed by atoms with Crippen LogP contribution in [-0.2, 0) is 0 Å². The van der Waals surface area contributed by atoms with Gasteiger partial charge in [0.15, 0.2) is 5.78 Å². The van der Waals surface area contributed by atoms with Crippen molar-refractivity contribution in [2.24, 2.45) is 0 Å². The van der Waals surface area contributed by atoms with Crippen LogP contribution in [0.25, 0.3) is 0 Å². The number of rotatable bonds is 1. The Hall–Kier alpha value is -1.53. The van der Waals surface area contributed by atoms with Crippen LogP contribution < -0.4 is 0 Å². The average Bonchev–Trinajstić information content (AvgIpc) is 2.03. The van der Waals surface area contributed by atoms with Gasteiger partial charge in [-0.25, -0.2) is 0 Å². The van der Waals surface area contributed by atoms with E-state index < -0.39 is 0 Å². The Morgan fingerprint density at radius 3 is 2.69 bits per heavy atom. The number of hydrogen-bond donors (Lipinski definition) is 1. The molecule has 3 nitrogen and oxygen atoms in total. The third kappa shape index (κ3) is 1.79. The lowest BCUT2D eigenvalue weighted by Gasteiger charge is -2.01. The Morgan fingerprint density at radius 1 is 1.62 bits per heavy atom. The molecule has 4 heteroatoms. The predicted molar refractivity (Wildman–Crippen MR) is 47.8 cm³/mol. The Balaban J connectivity index is 3.41. The van der Waals surface area contributed by atoms with Crippen LogP contribution in [0.3, 0.4) is 0 Å². The van der Waals surface area contributed by atoms with E-state index in [1.807, 2.05) is 6.07 Å². The molecule has 0 radical (unpaired) electrons. The quantitative estimate of drug-likeness (QED) is 0.699. The van der Waals surface area contributed by atoms with E-state index in [0.717, 1.165) is 0 Å². The van der Waals surface area contributed by atoms with E-state index in [0.29, 0.717) is 0 Å². The predicted octanol–water partition coefficient (Wildman–Crippen LogP) is 2.12. The highest BCUT2D eigenvalue weighted by atomic mass is 35.5. The summed E-state index contributed by atoms with van der Waals surface area (Å²) in [6.07, 6.45) is 0. The zero-order chi connectivity index (χ0) is 10.0. The lowest BCUT2D eigenvalue weighted by atomic mass is 10.1. The molecule has 0 aliphatic rings. The molecule has 1 N–H and O–H groups in total. The fourth-order valence-corrected chi connectivity index (χ4v) is 1.13. The zero-order valence-corrected chi connectivity index (χ0v) is 7.59. The molecule has 66 valence electrons. The summed E-state index contributed by atoms with van der Waals surface area (Å²) in [6.45, 7) is 1.31. The van der Waals surface area contributed by atoms with Gasteiger partial charge in [-0.3, -0.25) is 4.79 Å². The number of nitrogens with zero attached hydrogens (tertiary/aromatic N) is 1. The second-order valence-corrected chi connectivity index (χ2v) is 2.92. The fraction of sp³-hybridized carbons (Fsp3) is 0.111. The molecule has 1 aromatic carbocycles. The molecule has 0 spiro atoms. The molecule has 1 rings (SSSR count). The van der Waals surface area contributed by atoms with Crippen LogP contribution in [0.4, 0.5) is 0 Å². The summed E-state index contributed by atoms with van der Waals surface area (Å²) in [7, 11) is 0. The van der Waals surface area contributed by atoms with Crippen LogP contribution in [-0.4, -0.2) is 10.9 Å². The van der Waals surface area contributed by atoms with Gasteiger partial charge in [0.2, 0.25) is 0 Å². The van der Waals surface area contributed by atoms with E-state index in [1.165, 1.54) is 19.1 Å². The molecule has 0 bridgehead atoms. The molecule has 0 heterocycles. The van der Waals surface area contributed by atoms with Gasteiger partial charge in [0.05, 0.1) is 16.1 Å². The molecule has 1 aromatic rings. The van der Waals surface area contributed by atoms with Crippen LogP contribution in [0.5, 0.6) is 5.75 Å². The van der Waals surface area contributed by atoms with Crippen molar-refractivity contribution in [3.05, 3.63) is 28.3 Å². The van der Waals surface area contributed by atoms with Gasteiger partial charge in [0.25, 0.3) is 0 Å². The third-order valence-electron chi connectivity index (χ3n) is 1.59. The maximum Gasteiger partial charge on any atom is 0.163 e. The van der Waals surface area contributed by atoms with Gasteiger partial charge >= 0.3 is 0 Å². The summed E-state index contributed by atoms with van der Waals surface area (Å²) >= 11 is 5.61. The number of benzene rings is 1. The van der Waals surface area contributed by atoms with E-state index in [-0.39, 0.29) is 27.7 Å². The highest BCUT2D eigenvalue weighted by Crippen LogP contribution is 2.25. The van der Waals surface area contributed by atoms with Crippen LogP contribution >= 0.6 is 11.6 Å². The first kappa shape index (κ1) is 9.56. The minimum Gasteiger partial charge on any atom is -0.507 e. The molecule has 0 saturated carbocycles. The molecule has 13 heavy (non-hydrogen) atoms. The summed E-state index contributed by atoms with van der Waals surface area (Å²) < 4.78 is 0. The lowest BCUT2D eigenvalue weighted by Crippen LogP contribution is -1.94. The van der Waals surface area contributed by atoms with Crippen LogP contribution in [0.15, 0.2) is 12.1 Å². The van der Waals surface area contributed by atoms with E-state index in [1.54, 1.807) is 0 Å². The van der Waals surface area contributed by atoms with Gasteiger partial charge < -0.3 is 5.11 Å². The molecular weight excluding hydrogens is 190 g/mol. The molecule has 0 amide bonds. The number of hydrogen-bond acceptors (Lipinski definition) is 3. The van der Waals surface area contributed by atoms with Gasteiger partial charge in [-0.05, 0) is 13.0 Å². The first-order chi connectivity index (χ1) is 6.06. The summed E-state index contributed by atoms with van der Waals surface area (Å²) in [5.41, 5.74) is 0.297. The third-order valence-corrected chi connectivity index (χ3v) is 1.90. The van der Waals surface area contributed by atoms with Gasteiger partial charge in [-0.15, -0.1) is 0 Å². The minimum atomic E-state index is -0.300. The number of Topliss-reactive ketones (excluding diaryl/α,β-unsaturated/α-hetero) is 1. The summed E-state index contributed by atoms with van der Waals surface area (Å²) in [5, 5.41) is 18.0. The number of aromatic hydroxyl groups is 1. The topological polar surface area (TPSA) is 61.1 Å². The van der Waals surface area contributed by atoms with E-state index in [2.05, 4.69) is 0 Å². The number of nitriles is 1. The number of carbonyl (C=O) groups is 1. The molecule has 0 atom stereocenters. The molecule has 0 aromatic heterocycles. The maximum atomic E-state index is 10.9. The first-order valence-corrected chi connectivity index (χ1v) is 3.87. The van der Waals surface area contributed by atoms with Gasteiger partial charge in [-0.2, -0.15) is 5.26 Å². The molecular formula is C9H6ClNO2. The number of phenols is 1. The molecule has 0 aliphatic carbocycles. The van der Waals surface area contributed by atoms with Gasteiger partial charge in [0.1, 0.15) is 11.8 Å². The minimum absolute atomic E-state index is 0.112. The van der Waals surface area contributed by atoms with Crippen molar-refractivity contribution >= 4 is 17.4 Å². The van der Waals surface area contributed by atoms with Crippen molar-refractivity contribution in [3.8, 4) is 11.8 Å². The smallest absolute Gasteiger partial charge is 0.163 e. The maximum absolute atomic E-state index is 10.9. The van der Waals surface area contributed by atoms with Crippen molar-refractivity contribution in [3.63, 3.8) is 0 Å². The van der Waals surface area contributed by atoms with Gasteiger partial charge in [0, 0.05) is 6.07 Å². The zero-order valence-electron chi connectivity index (χ0n) is 6.84. The van der Waals surface area contributed by atoms with Gasteiger partial charge in [-0.1, -0.05) is 11.6 Å². The lowest BCUT2D eigenvalue weighted by molar-refractivity contribution is 0.101. The van der Waals surface area contributed by atoms with E-state index in [9.17, 15) is 9.90 Å². The second-order valence-electron chi connectivity index (χ2n) is 2.52. The van der Waals surface area contributed by atoms with Crippen molar-refractivity contribution < 1.29 is 9.90 Å². The molecule has 0 aliphatic heterocycles. The average molecular weight is 196 g/mol. The van der Waals surface area contributed by atoms with E-state index in [4.69, 9.17) is 16.9 Å². The molecule has 0 fully saturated rings. The standard InChI is InChI=1S/C9H6ClNO2/c1-5(12)7-2-6(4-11)8(10)3-9(7)13/h2-3,13H,1H3. The monoisotopic (exact) mass is 195 g/mol. The Morgan fingerprint density at radius 2 is 2.23 bits per heavy atom. The van der Waals surface area contributed by atoms with E-state index >= 15 is 0 Å². The Kier molecular flexibility index (Phi) is 2.54. The highest BCUT2D eigenvalue weighted by molar-refractivity contribution is 6.32. The Bertz CT molecular complexity index is 407. The number of halogens is 1. The SMILES string of the molecule is CC(=O)c1cc(C#N)c(Cl)cc1O. The first-order valence-electron chi connectivity index (χ1n) is 3.50. The van der Waals surface area contributed by atoms with Crippen molar-refractivity contribution in [2.75, 3.05) is 0 Å².